The minimum atomic E-state index is -0.515. The predicted molar refractivity (Wildman–Crippen MR) is 152 cm³/mol. The van der Waals surface area contributed by atoms with Gasteiger partial charge >= 0.3 is 5.97 Å². The highest BCUT2D eigenvalue weighted by atomic mass is 79.9. The van der Waals surface area contributed by atoms with Crippen molar-refractivity contribution in [1.29, 1.82) is 0 Å². The fraction of sp³-hybridized carbons (Fsp3) is 0.700. The van der Waals surface area contributed by atoms with E-state index in [0.717, 1.165) is 12.8 Å². The zero-order chi connectivity index (χ0) is 26.3. The molecule has 0 spiro atoms. The number of esters is 1. The Labute approximate surface area is 227 Å². The van der Waals surface area contributed by atoms with Crippen molar-refractivity contribution in [2.75, 3.05) is 13.2 Å². The van der Waals surface area contributed by atoms with Gasteiger partial charge in [0.2, 0.25) is 0 Å². The fourth-order valence-electron chi connectivity index (χ4n) is 4.38. The van der Waals surface area contributed by atoms with Crippen LogP contribution in [0.25, 0.3) is 0 Å². The van der Waals surface area contributed by atoms with Gasteiger partial charge in [0.05, 0.1) is 12.2 Å². The molecule has 0 aliphatic heterocycles. The number of nitrogens with one attached hydrogen (secondary N) is 1. The van der Waals surface area contributed by atoms with Gasteiger partial charge in [-0.15, -0.1) is 0 Å². The van der Waals surface area contributed by atoms with Crippen LogP contribution in [0, 0.1) is 0 Å². The Bertz CT molecular complexity index is 738. The first-order valence-corrected chi connectivity index (χ1v) is 15.3. The van der Waals surface area contributed by atoms with E-state index in [2.05, 4.69) is 28.2 Å². The first kappa shape index (κ1) is 32.3. The lowest BCUT2D eigenvalue weighted by Gasteiger charge is -2.12. The van der Waals surface area contributed by atoms with Crippen molar-refractivity contribution in [3.8, 4) is 0 Å². The zero-order valence-corrected chi connectivity index (χ0v) is 24.0. The van der Waals surface area contributed by atoms with Crippen LogP contribution >= 0.6 is 15.9 Å². The molecule has 0 fully saturated rings. The molecule has 0 saturated carbocycles. The first-order valence-electron chi connectivity index (χ1n) is 14.2. The topological polar surface area (TPSA) is 72.5 Å². The number of alkyl halides is 1. The second-order valence-corrected chi connectivity index (χ2v) is 10.2. The molecular formula is C30H48BrNO4. The van der Waals surface area contributed by atoms with Crippen LogP contribution in [0.15, 0.2) is 18.2 Å². The summed E-state index contributed by atoms with van der Waals surface area (Å²) in [4.78, 5) is 35.4. The Hall–Kier alpha value is -1.69. The maximum absolute atomic E-state index is 12.7. The average molecular weight is 567 g/mol. The standard InChI is InChI=1S/C30H48BrNO4/c1-2-3-4-5-6-7-8-9-10-11-12-13-14-15-16-17-22-32-29(34)26-20-18-21-27(28(26)25-31)30(35)36-24-19-23-33/h18,20-21,23H,2-17,19,22,24-25H2,1H3,(H,32,34). The van der Waals surface area contributed by atoms with Crippen LogP contribution in [0.1, 0.15) is 142 Å². The Balaban J connectivity index is 2.11. The van der Waals surface area contributed by atoms with Gasteiger partial charge in [0.25, 0.3) is 5.91 Å². The number of amides is 1. The van der Waals surface area contributed by atoms with Crippen molar-refractivity contribution in [2.45, 2.75) is 121 Å². The molecule has 6 heteroatoms. The highest BCUT2D eigenvalue weighted by Crippen LogP contribution is 2.20. The number of unbranched alkanes of at least 4 members (excludes halogenated alkanes) is 15. The number of halogens is 1. The van der Waals surface area contributed by atoms with Crippen molar-refractivity contribution < 1.29 is 19.1 Å². The lowest BCUT2D eigenvalue weighted by atomic mass is 10.0. The summed E-state index contributed by atoms with van der Waals surface area (Å²) in [6.45, 7) is 2.94. The van der Waals surface area contributed by atoms with E-state index >= 15 is 0 Å². The highest BCUT2D eigenvalue weighted by molar-refractivity contribution is 9.08. The largest absolute Gasteiger partial charge is 0.462 e. The first-order chi connectivity index (χ1) is 17.7. The summed E-state index contributed by atoms with van der Waals surface area (Å²) in [5, 5.41) is 3.35. The third kappa shape index (κ3) is 14.8. The highest BCUT2D eigenvalue weighted by Gasteiger charge is 2.19. The third-order valence-electron chi connectivity index (χ3n) is 6.56. The Morgan fingerprint density at radius 2 is 1.31 bits per heavy atom. The van der Waals surface area contributed by atoms with Crippen LogP contribution in [0.2, 0.25) is 0 Å². The van der Waals surface area contributed by atoms with Crippen molar-refractivity contribution in [3.05, 3.63) is 34.9 Å². The Morgan fingerprint density at radius 1 is 0.806 bits per heavy atom. The molecule has 1 amide bonds. The third-order valence-corrected chi connectivity index (χ3v) is 7.12. The van der Waals surface area contributed by atoms with Crippen molar-refractivity contribution in [2.24, 2.45) is 0 Å². The minimum Gasteiger partial charge on any atom is -0.462 e. The van der Waals surface area contributed by atoms with E-state index < -0.39 is 5.97 Å². The average Bonchev–Trinajstić information content (AvgIpc) is 2.89. The normalized spacial score (nSPS) is 10.8. The number of benzene rings is 1. The molecule has 204 valence electrons. The van der Waals surface area contributed by atoms with E-state index in [4.69, 9.17) is 4.74 Å². The molecule has 0 saturated heterocycles. The molecule has 1 aromatic carbocycles. The molecule has 1 rings (SSSR count). The van der Waals surface area contributed by atoms with Gasteiger partial charge in [0.15, 0.2) is 0 Å². The van der Waals surface area contributed by atoms with Gasteiger partial charge in [-0.05, 0) is 24.1 Å². The number of carbonyl (C=O) groups is 3. The van der Waals surface area contributed by atoms with E-state index in [1.807, 2.05) is 0 Å². The number of rotatable bonds is 23. The quantitative estimate of drug-likeness (QED) is 0.0626. The number of carbonyl (C=O) groups excluding carboxylic acids is 3. The van der Waals surface area contributed by atoms with Crippen molar-refractivity contribution in [3.63, 3.8) is 0 Å². The van der Waals surface area contributed by atoms with Gasteiger partial charge in [-0.25, -0.2) is 4.79 Å². The number of aldehydes is 1. The van der Waals surface area contributed by atoms with Crippen LogP contribution < -0.4 is 5.32 Å². The van der Waals surface area contributed by atoms with Crippen LogP contribution in [0.4, 0.5) is 0 Å². The lowest BCUT2D eigenvalue weighted by molar-refractivity contribution is -0.108. The molecule has 0 aliphatic carbocycles. The predicted octanol–water partition coefficient (Wildman–Crippen LogP) is 8.32. The van der Waals surface area contributed by atoms with E-state index in [1.54, 1.807) is 18.2 Å². The van der Waals surface area contributed by atoms with Crippen molar-refractivity contribution >= 4 is 34.1 Å². The van der Waals surface area contributed by atoms with E-state index in [-0.39, 0.29) is 18.9 Å². The minimum absolute atomic E-state index is 0.0414. The molecular weight excluding hydrogens is 518 g/mol. The second kappa shape index (κ2) is 22.5. The summed E-state index contributed by atoms with van der Waals surface area (Å²) in [7, 11) is 0. The Morgan fingerprint density at radius 3 is 1.81 bits per heavy atom. The van der Waals surface area contributed by atoms with Crippen LogP contribution in [-0.4, -0.2) is 31.3 Å². The molecule has 0 bridgehead atoms. The van der Waals surface area contributed by atoms with Crippen LogP contribution in [0.5, 0.6) is 0 Å². The maximum Gasteiger partial charge on any atom is 0.338 e. The smallest absolute Gasteiger partial charge is 0.338 e. The second-order valence-electron chi connectivity index (χ2n) is 9.62. The molecule has 36 heavy (non-hydrogen) atoms. The molecule has 1 aromatic rings. The van der Waals surface area contributed by atoms with Gasteiger partial charge in [-0.2, -0.15) is 0 Å². The van der Waals surface area contributed by atoms with Gasteiger partial charge in [-0.3, -0.25) is 4.79 Å². The van der Waals surface area contributed by atoms with Crippen molar-refractivity contribution in [1.82, 2.24) is 5.32 Å². The van der Waals surface area contributed by atoms with Gasteiger partial charge < -0.3 is 14.8 Å². The van der Waals surface area contributed by atoms with E-state index in [0.29, 0.717) is 34.9 Å². The summed E-state index contributed by atoms with van der Waals surface area (Å²) in [6, 6.07) is 5.06. The molecule has 0 atom stereocenters. The summed E-state index contributed by atoms with van der Waals surface area (Å²) in [6.07, 6.45) is 22.0. The van der Waals surface area contributed by atoms with Crippen LogP contribution in [-0.2, 0) is 14.9 Å². The fourth-order valence-corrected chi connectivity index (χ4v) is 4.99. The van der Waals surface area contributed by atoms with Gasteiger partial charge in [-0.1, -0.05) is 125 Å². The maximum atomic E-state index is 12.7. The van der Waals surface area contributed by atoms with E-state index in [1.165, 1.54) is 89.9 Å². The van der Waals surface area contributed by atoms with E-state index in [9.17, 15) is 14.4 Å². The zero-order valence-electron chi connectivity index (χ0n) is 22.5. The van der Waals surface area contributed by atoms with Gasteiger partial charge in [0.1, 0.15) is 6.29 Å². The Kier molecular flexibility index (Phi) is 20.2. The number of hydrogen-bond donors (Lipinski definition) is 1. The van der Waals surface area contributed by atoms with Crippen LogP contribution in [0.3, 0.4) is 0 Å². The molecule has 5 nitrogen and oxygen atoms in total. The van der Waals surface area contributed by atoms with Gasteiger partial charge in [0, 0.05) is 23.9 Å². The molecule has 0 aromatic heterocycles. The SMILES string of the molecule is CCCCCCCCCCCCCCCCCCNC(=O)c1cccc(C(=O)OCCC=O)c1CBr. The summed E-state index contributed by atoms with van der Waals surface area (Å²) in [5.74, 6) is -0.688. The number of hydrogen-bond acceptors (Lipinski definition) is 4. The molecule has 0 unspecified atom stereocenters. The molecule has 0 heterocycles. The summed E-state index contributed by atoms with van der Waals surface area (Å²) < 4.78 is 5.12. The number of ether oxygens (including phenoxy) is 1. The summed E-state index contributed by atoms with van der Waals surface area (Å²) >= 11 is 3.39. The molecule has 0 radical (unpaired) electrons. The summed E-state index contributed by atoms with van der Waals surface area (Å²) in [5.41, 5.74) is 1.44. The molecule has 0 aliphatic rings. The monoisotopic (exact) mass is 565 g/mol. The molecule has 1 N–H and O–H groups in total. The lowest BCUT2D eigenvalue weighted by Crippen LogP contribution is -2.26.